The predicted octanol–water partition coefficient (Wildman–Crippen LogP) is 3.03. The molecule has 0 saturated carbocycles. The lowest BCUT2D eigenvalue weighted by Crippen LogP contribution is -2.51. The zero-order valence-electron chi connectivity index (χ0n) is 22.2. The minimum atomic E-state index is -5.19. The fourth-order valence-corrected chi connectivity index (χ4v) is 4.56. The summed E-state index contributed by atoms with van der Waals surface area (Å²) in [4.78, 5) is 20.0. The largest absolute Gasteiger partial charge is 0.542 e. The van der Waals surface area contributed by atoms with Gasteiger partial charge in [0.25, 0.3) is 0 Å². The molecule has 0 fully saturated rings. The first-order valence-corrected chi connectivity index (χ1v) is 13.5. The molecule has 0 unspecified atom stereocenters. The molecule has 37 heavy (non-hydrogen) atoms. The molecule has 2 N–H and O–H groups in total. The number of nitrogens with zero attached hydrogens (tertiary/aromatic N) is 2. The zero-order valence-corrected chi connectivity index (χ0v) is 23.0. The third-order valence-corrected chi connectivity index (χ3v) is 6.84. The van der Waals surface area contributed by atoms with Crippen molar-refractivity contribution in [3.8, 4) is 0 Å². The number of hydrogen-bond acceptors (Lipinski definition) is 5. The quantitative estimate of drug-likeness (QED) is 0.253. The standard InChI is InChI=1S/C22H39N3O4S.C2HF3O2/c1-6-7-8-9-10-11-13-19-14-12-15-20(16-19)23-30(28,29)24(2)21(17-22(26)27)18-25(3,4)5;3-2(4,5)1(6)7/h12,14-16,21,23H,6-11,13,17-18H2,1-5H3;(H,6,7)/t21-;/m1./s1. The third kappa shape index (κ3) is 16.2. The van der Waals surface area contributed by atoms with Gasteiger partial charge in [0.05, 0.1) is 45.8 Å². The van der Waals surface area contributed by atoms with Gasteiger partial charge >= 0.3 is 22.4 Å². The highest BCUT2D eigenvalue weighted by molar-refractivity contribution is 7.90. The minimum absolute atomic E-state index is 0.245. The maximum absolute atomic E-state index is 12.9. The van der Waals surface area contributed by atoms with E-state index in [1.165, 1.54) is 39.2 Å². The number of aryl methyl sites for hydroxylation is 1. The van der Waals surface area contributed by atoms with Gasteiger partial charge in [-0.1, -0.05) is 51.2 Å². The summed E-state index contributed by atoms with van der Waals surface area (Å²) in [7, 11) is 3.30. The van der Waals surface area contributed by atoms with Crippen molar-refractivity contribution in [3.05, 3.63) is 29.8 Å². The summed E-state index contributed by atoms with van der Waals surface area (Å²) in [6.07, 6.45) is 2.77. The number of unbranched alkanes of at least 4 members (excludes halogenated alkanes) is 5. The van der Waals surface area contributed by atoms with Crippen molar-refractivity contribution < 1.29 is 45.9 Å². The minimum Gasteiger partial charge on any atom is -0.542 e. The normalized spacial score (nSPS) is 13.0. The number of halogens is 3. The van der Waals surface area contributed by atoms with Crippen molar-refractivity contribution in [3.63, 3.8) is 0 Å². The second kappa shape index (κ2) is 15.8. The van der Waals surface area contributed by atoms with E-state index < -0.39 is 34.4 Å². The van der Waals surface area contributed by atoms with E-state index in [2.05, 4.69) is 11.6 Å². The van der Waals surface area contributed by atoms with Crippen LogP contribution >= 0.6 is 0 Å². The maximum Gasteiger partial charge on any atom is 0.430 e. The van der Waals surface area contributed by atoms with Crippen LogP contribution in [0.1, 0.15) is 57.4 Å². The molecule has 13 heteroatoms. The summed E-state index contributed by atoms with van der Waals surface area (Å²) in [6.45, 7) is 2.60. The number of benzene rings is 1. The molecule has 0 spiro atoms. The van der Waals surface area contributed by atoms with Crippen molar-refractivity contribution >= 4 is 27.8 Å². The molecule has 0 aliphatic heterocycles. The third-order valence-electron chi connectivity index (χ3n) is 5.29. The van der Waals surface area contributed by atoms with Gasteiger partial charge in [-0.2, -0.15) is 25.9 Å². The van der Waals surface area contributed by atoms with Crippen LogP contribution in [-0.4, -0.2) is 81.2 Å². The number of carbonyl (C=O) groups excluding carboxylic acids is 1. The van der Waals surface area contributed by atoms with Crippen LogP contribution in [0.5, 0.6) is 0 Å². The summed E-state index contributed by atoms with van der Waals surface area (Å²) < 4.78 is 61.6. The lowest BCUT2D eigenvalue weighted by atomic mass is 10.0. The van der Waals surface area contributed by atoms with Gasteiger partial charge in [0.1, 0.15) is 5.97 Å². The monoisotopic (exact) mass is 555 g/mol. The lowest BCUT2D eigenvalue weighted by molar-refractivity contribution is -0.872. The topological polar surface area (TPSA) is 127 Å². The van der Waals surface area contributed by atoms with Crippen molar-refractivity contribution in [2.75, 3.05) is 39.5 Å². The van der Waals surface area contributed by atoms with E-state index in [1.807, 2.05) is 39.3 Å². The summed E-state index contributed by atoms with van der Waals surface area (Å²) in [5.74, 6) is -4.02. The second-order valence-corrected chi connectivity index (χ2v) is 11.6. The van der Waals surface area contributed by atoms with Crippen LogP contribution in [0.3, 0.4) is 0 Å². The van der Waals surface area contributed by atoms with Gasteiger partial charge in [-0.3, -0.25) is 9.52 Å². The number of carbonyl (C=O) groups is 2. The van der Waals surface area contributed by atoms with E-state index in [0.29, 0.717) is 16.7 Å². The van der Waals surface area contributed by atoms with Crippen molar-refractivity contribution in [1.29, 1.82) is 0 Å². The first-order valence-electron chi connectivity index (χ1n) is 12.0. The van der Waals surface area contributed by atoms with E-state index in [9.17, 15) is 31.5 Å². The Kier molecular flexibility index (Phi) is 14.8. The number of anilines is 1. The first-order chi connectivity index (χ1) is 16.9. The van der Waals surface area contributed by atoms with Crippen LogP contribution < -0.4 is 9.83 Å². The molecule has 1 atom stereocenters. The summed E-state index contributed by atoms with van der Waals surface area (Å²) in [6, 6.07) is 6.81. The number of rotatable bonds is 15. The van der Waals surface area contributed by atoms with E-state index in [0.717, 1.165) is 22.7 Å². The highest BCUT2D eigenvalue weighted by Crippen LogP contribution is 2.19. The molecule has 1 aromatic carbocycles. The molecule has 0 aliphatic rings. The Morgan fingerprint density at radius 3 is 2.14 bits per heavy atom. The average molecular weight is 556 g/mol. The van der Waals surface area contributed by atoms with Gasteiger partial charge < -0.3 is 19.5 Å². The molecule has 1 aromatic rings. The number of alkyl halides is 3. The number of nitrogens with one attached hydrogen (secondary N) is 1. The number of likely N-dealkylation sites (N-methyl/N-ethyl adjacent to an activating group) is 2. The summed E-state index contributed by atoms with van der Waals surface area (Å²) in [5, 5.41) is 18.0. The summed E-state index contributed by atoms with van der Waals surface area (Å²) in [5.41, 5.74) is 1.60. The van der Waals surface area contributed by atoms with E-state index in [4.69, 9.17) is 9.90 Å². The summed E-state index contributed by atoms with van der Waals surface area (Å²) >= 11 is 0. The number of quaternary nitrogens is 1. The van der Waals surface area contributed by atoms with Crippen LogP contribution in [0.2, 0.25) is 0 Å². The number of carboxylic acid groups (broad SMARTS) is 2. The van der Waals surface area contributed by atoms with Gasteiger partial charge in [-0.15, -0.1) is 0 Å². The highest BCUT2D eigenvalue weighted by atomic mass is 32.2. The zero-order chi connectivity index (χ0) is 28.9. The Morgan fingerprint density at radius 1 is 1.11 bits per heavy atom. The van der Waals surface area contributed by atoms with E-state index in [1.54, 1.807) is 6.07 Å². The average Bonchev–Trinajstić information content (AvgIpc) is 2.73. The van der Waals surface area contributed by atoms with Crippen molar-refractivity contribution in [2.45, 2.75) is 70.5 Å². The first kappa shape index (κ1) is 34.6. The number of hydrogen-bond donors (Lipinski definition) is 2. The molecule has 214 valence electrons. The van der Waals surface area contributed by atoms with Crippen LogP contribution in [0.15, 0.2) is 24.3 Å². The SMILES string of the molecule is CCCCCCCCc1cccc(NS(=O)(=O)N(C)[C@H](CC(=O)O)C[N+](C)(C)C)c1.O=C([O-])C(F)(F)F. The fraction of sp³-hybridized carbons (Fsp3) is 0.667. The molecular weight excluding hydrogens is 515 g/mol. The molecular formula is C24H40F3N3O6S. The molecule has 0 bridgehead atoms. The van der Waals surface area contributed by atoms with Crippen LogP contribution in [-0.2, 0) is 26.2 Å². The van der Waals surface area contributed by atoms with Crippen LogP contribution in [0, 0.1) is 0 Å². The van der Waals surface area contributed by atoms with Gasteiger partial charge in [-0.05, 0) is 30.5 Å². The van der Waals surface area contributed by atoms with Gasteiger partial charge in [0.15, 0.2) is 0 Å². The molecule has 0 aliphatic carbocycles. The van der Waals surface area contributed by atoms with Crippen LogP contribution in [0.4, 0.5) is 18.9 Å². The number of aliphatic carboxylic acids is 2. The van der Waals surface area contributed by atoms with Crippen molar-refractivity contribution in [1.82, 2.24) is 4.31 Å². The van der Waals surface area contributed by atoms with Crippen LogP contribution in [0.25, 0.3) is 0 Å². The van der Waals surface area contributed by atoms with Gasteiger partial charge in [-0.25, -0.2) is 0 Å². The molecule has 1 rings (SSSR count). The molecule has 9 nitrogen and oxygen atoms in total. The Morgan fingerprint density at radius 2 is 1.65 bits per heavy atom. The molecule has 0 heterocycles. The van der Waals surface area contributed by atoms with Gasteiger partial charge in [0, 0.05) is 7.05 Å². The molecule has 0 radical (unpaired) electrons. The van der Waals surface area contributed by atoms with Crippen molar-refractivity contribution in [2.24, 2.45) is 0 Å². The van der Waals surface area contributed by atoms with E-state index >= 15 is 0 Å². The maximum atomic E-state index is 12.9. The van der Waals surface area contributed by atoms with E-state index in [-0.39, 0.29) is 6.42 Å². The number of carboxylic acids is 2. The Hall–Kier alpha value is -2.38. The lowest BCUT2D eigenvalue weighted by Gasteiger charge is -2.33. The predicted molar refractivity (Wildman–Crippen MR) is 134 cm³/mol. The molecule has 0 amide bonds. The van der Waals surface area contributed by atoms with Gasteiger partial charge in [0.2, 0.25) is 0 Å². The smallest absolute Gasteiger partial charge is 0.430 e. The Balaban J connectivity index is 0.00000161. The Labute approximate surface area is 218 Å². The molecule has 0 aromatic heterocycles. The molecule has 0 saturated heterocycles. The Bertz CT molecular complexity index is 950. The second-order valence-electron chi connectivity index (χ2n) is 9.85. The fourth-order valence-electron chi connectivity index (χ4n) is 3.46. The highest BCUT2D eigenvalue weighted by Gasteiger charge is 2.32.